The van der Waals surface area contributed by atoms with Crippen LogP contribution in [-0.2, 0) is 6.42 Å². The summed E-state index contributed by atoms with van der Waals surface area (Å²) < 4.78 is 5.69. The molecule has 0 atom stereocenters. The van der Waals surface area contributed by atoms with E-state index in [0.29, 0.717) is 17.9 Å². The van der Waals surface area contributed by atoms with Crippen molar-refractivity contribution in [3.63, 3.8) is 0 Å². The maximum absolute atomic E-state index is 9.33. The van der Waals surface area contributed by atoms with Gasteiger partial charge >= 0.3 is 0 Å². The van der Waals surface area contributed by atoms with Crippen molar-refractivity contribution in [2.45, 2.75) is 40.0 Å². The van der Waals surface area contributed by atoms with Crippen LogP contribution in [-0.4, -0.2) is 6.61 Å². The molecule has 0 saturated heterocycles. The first kappa shape index (κ1) is 15.6. The Balaban J connectivity index is 2.27. The van der Waals surface area contributed by atoms with E-state index in [1.807, 2.05) is 29.5 Å². The van der Waals surface area contributed by atoms with Gasteiger partial charge < -0.3 is 4.74 Å². The number of benzene rings is 1. The number of aryl methyl sites for hydroxylation is 2. The van der Waals surface area contributed by atoms with Crippen LogP contribution in [0.25, 0.3) is 10.4 Å². The number of hydrogen-bond acceptors (Lipinski definition) is 3. The van der Waals surface area contributed by atoms with Crippen LogP contribution in [0.4, 0.5) is 0 Å². The Morgan fingerprint density at radius 3 is 2.67 bits per heavy atom. The van der Waals surface area contributed by atoms with Crippen LogP contribution in [0.1, 0.15) is 42.7 Å². The monoisotopic (exact) mass is 299 g/mol. The van der Waals surface area contributed by atoms with Gasteiger partial charge in [-0.05, 0) is 55.2 Å². The van der Waals surface area contributed by atoms with Gasteiger partial charge in [0.1, 0.15) is 11.8 Å². The first-order chi connectivity index (χ1) is 10.2. The highest BCUT2D eigenvalue weighted by molar-refractivity contribution is 7.15. The van der Waals surface area contributed by atoms with E-state index >= 15 is 0 Å². The summed E-state index contributed by atoms with van der Waals surface area (Å²) in [5, 5.41) is 9.33. The quantitative estimate of drug-likeness (QED) is 0.675. The van der Waals surface area contributed by atoms with E-state index < -0.39 is 0 Å². The third-order valence-corrected chi connectivity index (χ3v) is 4.91. The third-order valence-electron chi connectivity index (χ3n) is 3.48. The second-order valence-electron chi connectivity index (χ2n) is 5.10. The van der Waals surface area contributed by atoms with Crippen LogP contribution in [0.5, 0.6) is 5.75 Å². The Kier molecular flexibility index (Phi) is 5.41. The molecular weight excluding hydrogens is 278 g/mol. The highest BCUT2D eigenvalue weighted by Gasteiger charge is 2.10. The molecule has 3 heteroatoms. The Hall–Kier alpha value is -1.79. The highest BCUT2D eigenvalue weighted by atomic mass is 32.1. The van der Waals surface area contributed by atoms with Crippen LogP contribution >= 0.6 is 11.3 Å². The molecule has 0 fully saturated rings. The number of thiophene rings is 1. The molecule has 2 aromatic rings. The standard InChI is InChI=1S/C18H21NOS/c1-4-6-9-20-16-8-7-14(11-15(16)12-19)18-10-13(3)17(5-2)21-18/h7-8,10-11H,4-6,9H2,1-3H3. The van der Waals surface area contributed by atoms with Crippen molar-refractivity contribution >= 4 is 11.3 Å². The minimum atomic E-state index is 0.618. The maximum atomic E-state index is 9.33. The smallest absolute Gasteiger partial charge is 0.137 e. The molecule has 1 aromatic heterocycles. The molecule has 0 bridgehead atoms. The Labute approximate surface area is 131 Å². The predicted molar refractivity (Wildman–Crippen MR) is 89.0 cm³/mol. The minimum absolute atomic E-state index is 0.618. The SMILES string of the molecule is CCCCOc1ccc(-c2cc(C)c(CC)s2)cc1C#N. The summed E-state index contributed by atoms with van der Waals surface area (Å²) in [5.74, 6) is 0.693. The normalized spacial score (nSPS) is 10.4. The number of hydrogen-bond donors (Lipinski definition) is 0. The molecule has 0 N–H and O–H groups in total. The van der Waals surface area contributed by atoms with E-state index in [1.165, 1.54) is 15.3 Å². The molecule has 1 aromatic carbocycles. The lowest BCUT2D eigenvalue weighted by atomic mass is 10.1. The summed E-state index contributed by atoms with van der Waals surface area (Å²) in [4.78, 5) is 2.63. The van der Waals surface area contributed by atoms with E-state index in [9.17, 15) is 5.26 Å². The van der Waals surface area contributed by atoms with Gasteiger partial charge in [0, 0.05) is 9.75 Å². The van der Waals surface area contributed by atoms with Gasteiger partial charge in [-0.3, -0.25) is 0 Å². The summed E-state index contributed by atoms with van der Waals surface area (Å²) in [6, 6.07) is 10.4. The number of unbranched alkanes of at least 4 members (excludes halogenated alkanes) is 1. The molecule has 0 radical (unpaired) electrons. The average molecular weight is 299 g/mol. The summed E-state index contributed by atoms with van der Waals surface area (Å²) in [6.07, 6.45) is 3.16. The number of ether oxygens (including phenoxy) is 1. The van der Waals surface area contributed by atoms with Crippen LogP contribution in [0.2, 0.25) is 0 Å². The van der Waals surface area contributed by atoms with Crippen molar-refractivity contribution in [3.05, 3.63) is 40.3 Å². The summed E-state index contributed by atoms with van der Waals surface area (Å²) in [5.41, 5.74) is 3.05. The van der Waals surface area contributed by atoms with Crippen LogP contribution in [0, 0.1) is 18.3 Å². The van der Waals surface area contributed by atoms with Gasteiger partial charge in [-0.25, -0.2) is 0 Å². The summed E-state index contributed by atoms with van der Waals surface area (Å²) >= 11 is 1.81. The Morgan fingerprint density at radius 1 is 1.24 bits per heavy atom. The molecule has 2 nitrogen and oxygen atoms in total. The number of nitriles is 1. The highest BCUT2D eigenvalue weighted by Crippen LogP contribution is 2.34. The molecule has 21 heavy (non-hydrogen) atoms. The van der Waals surface area contributed by atoms with Crippen LogP contribution < -0.4 is 4.74 Å². The topological polar surface area (TPSA) is 33.0 Å². The fraction of sp³-hybridized carbons (Fsp3) is 0.389. The van der Waals surface area contributed by atoms with Gasteiger partial charge in [-0.15, -0.1) is 11.3 Å². The molecule has 0 saturated carbocycles. The van der Waals surface area contributed by atoms with E-state index in [0.717, 1.165) is 24.8 Å². The van der Waals surface area contributed by atoms with Crippen molar-refractivity contribution < 1.29 is 4.74 Å². The van der Waals surface area contributed by atoms with Crippen molar-refractivity contribution in [2.75, 3.05) is 6.61 Å². The first-order valence-corrected chi connectivity index (χ1v) is 8.27. The van der Waals surface area contributed by atoms with Crippen molar-refractivity contribution in [2.24, 2.45) is 0 Å². The van der Waals surface area contributed by atoms with E-state index in [2.05, 4.69) is 32.9 Å². The van der Waals surface area contributed by atoms with Gasteiger partial charge in [0.15, 0.2) is 0 Å². The zero-order valence-electron chi connectivity index (χ0n) is 12.9. The summed E-state index contributed by atoms with van der Waals surface area (Å²) in [7, 11) is 0. The minimum Gasteiger partial charge on any atom is -0.492 e. The summed E-state index contributed by atoms with van der Waals surface area (Å²) in [6.45, 7) is 7.12. The fourth-order valence-corrected chi connectivity index (χ4v) is 3.35. The zero-order valence-corrected chi connectivity index (χ0v) is 13.7. The zero-order chi connectivity index (χ0) is 15.2. The predicted octanol–water partition coefficient (Wildman–Crippen LogP) is 5.34. The second kappa shape index (κ2) is 7.28. The Morgan fingerprint density at radius 2 is 2.05 bits per heavy atom. The Bertz CT molecular complexity index is 652. The first-order valence-electron chi connectivity index (χ1n) is 7.46. The molecule has 0 aliphatic heterocycles. The van der Waals surface area contributed by atoms with E-state index in [4.69, 9.17) is 4.74 Å². The molecule has 1 heterocycles. The second-order valence-corrected chi connectivity index (χ2v) is 6.23. The van der Waals surface area contributed by atoms with Crippen molar-refractivity contribution in [1.29, 1.82) is 5.26 Å². The molecule has 2 rings (SSSR count). The van der Waals surface area contributed by atoms with Crippen molar-refractivity contribution in [3.8, 4) is 22.3 Å². The lowest BCUT2D eigenvalue weighted by molar-refractivity contribution is 0.308. The average Bonchev–Trinajstić information content (AvgIpc) is 2.88. The lowest BCUT2D eigenvalue weighted by Crippen LogP contribution is -1.98. The third kappa shape index (κ3) is 3.65. The molecule has 0 aliphatic rings. The molecular formula is C18H21NOS. The van der Waals surface area contributed by atoms with Crippen molar-refractivity contribution in [1.82, 2.24) is 0 Å². The van der Waals surface area contributed by atoms with Gasteiger partial charge in [0.05, 0.1) is 12.2 Å². The van der Waals surface area contributed by atoms with Gasteiger partial charge in [-0.2, -0.15) is 5.26 Å². The fourth-order valence-electron chi connectivity index (χ4n) is 2.24. The van der Waals surface area contributed by atoms with Gasteiger partial charge in [-0.1, -0.05) is 20.3 Å². The maximum Gasteiger partial charge on any atom is 0.137 e. The van der Waals surface area contributed by atoms with Gasteiger partial charge in [0.2, 0.25) is 0 Å². The van der Waals surface area contributed by atoms with E-state index in [1.54, 1.807) is 0 Å². The largest absolute Gasteiger partial charge is 0.492 e. The molecule has 0 spiro atoms. The van der Waals surface area contributed by atoms with Gasteiger partial charge in [0.25, 0.3) is 0 Å². The molecule has 0 aliphatic carbocycles. The number of rotatable bonds is 6. The van der Waals surface area contributed by atoms with Crippen LogP contribution in [0.3, 0.4) is 0 Å². The lowest BCUT2D eigenvalue weighted by Gasteiger charge is -2.08. The molecule has 0 unspecified atom stereocenters. The van der Waals surface area contributed by atoms with Crippen LogP contribution in [0.15, 0.2) is 24.3 Å². The number of nitrogens with zero attached hydrogens (tertiary/aromatic N) is 1. The molecule has 110 valence electrons. The van der Waals surface area contributed by atoms with E-state index in [-0.39, 0.29) is 0 Å². The molecule has 0 amide bonds.